The molecule has 0 N–H and O–H groups in total. The Bertz CT molecular complexity index is 424. The Labute approximate surface area is 120 Å². The Morgan fingerprint density at radius 2 is 1.37 bits per heavy atom. The molecule has 0 aromatic carbocycles. The first-order chi connectivity index (χ1) is 9.02. The smallest absolute Gasteiger partial charge is 0.273 e. The van der Waals surface area contributed by atoms with Gasteiger partial charge in [0, 0.05) is 10.7 Å². The minimum atomic E-state index is -3.90. The molecule has 2 unspecified atom stereocenters. The summed E-state index contributed by atoms with van der Waals surface area (Å²) in [7, 11) is 1.46. The Kier molecular flexibility index (Phi) is 5.12. The van der Waals surface area contributed by atoms with Crippen LogP contribution >= 0.6 is 10.7 Å². The minimum absolute atomic E-state index is 0.118. The van der Waals surface area contributed by atoms with Gasteiger partial charge in [0.2, 0.25) is 5.91 Å². The molecule has 110 valence electrons. The Morgan fingerprint density at radius 1 is 0.895 bits per heavy atom. The van der Waals surface area contributed by atoms with Crippen LogP contribution in [0.15, 0.2) is 0 Å². The molecular formula is C13H22ClNO3S. The van der Waals surface area contributed by atoms with Crippen LogP contribution in [-0.4, -0.2) is 24.7 Å². The molecule has 1 saturated carbocycles. The van der Waals surface area contributed by atoms with Gasteiger partial charge in [-0.3, -0.25) is 4.79 Å². The van der Waals surface area contributed by atoms with E-state index >= 15 is 0 Å². The van der Waals surface area contributed by atoms with Crippen molar-refractivity contribution >= 4 is 25.8 Å². The summed E-state index contributed by atoms with van der Waals surface area (Å²) in [6.07, 6.45) is 10.8. The minimum Gasteiger partial charge on any atom is -0.273 e. The number of carbonyl (C=O) groups is 1. The Morgan fingerprint density at radius 3 is 1.89 bits per heavy atom. The summed E-state index contributed by atoms with van der Waals surface area (Å²) < 4.78 is 23.8. The lowest BCUT2D eigenvalue weighted by Crippen LogP contribution is -2.61. The number of nitrogens with zero attached hydrogens (tertiary/aromatic N) is 1. The molecule has 1 aliphatic heterocycles. The molecular weight excluding hydrogens is 286 g/mol. The molecule has 1 aliphatic carbocycles. The third-order valence-electron chi connectivity index (χ3n) is 4.30. The number of rotatable bonds is 1. The van der Waals surface area contributed by atoms with Gasteiger partial charge >= 0.3 is 9.24 Å². The van der Waals surface area contributed by atoms with Crippen LogP contribution in [0.2, 0.25) is 0 Å². The molecule has 2 rings (SSSR count). The van der Waals surface area contributed by atoms with E-state index in [0.29, 0.717) is 0 Å². The number of halogens is 1. The van der Waals surface area contributed by atoms with Gasteiger partial charge in [-0.25, -0.2) is 4.31 Å². The predicted molar refractivity (Wildman–Crippen MR) is 75.1 cm³/mol. The second-order valence-corrected chi connectivity index (χ2v) is 8.04. The molecule has 2 fully saturated rings. The van der Waals surface area contributed by atoms with Crippen molar-refractivity contribution < 1.29 is 13.2 Å². The highest BCUT2D eigenvalue weighted by Gasteiger charge is 2.51. The normalized spacial score (nSPS) is 30.8. The average molecular weight is 308 g/mol. The fourth-order valence-corrected chi connectivity index (χ4v) is 4.69. The highest BCUT2D eigenvalue weighted by atomic mass is 35.7. The molecule has 0 radical (unpaired) electrons. The van der Waals surface area contributed by atoms with Crippen LogP contribution < -0.4 is 0 Å². The lowest BCUT2D eigenvalue weighted by atomic mass is 9.82. The molecule has 0 spiro atoms. The number of fused-ring (bicyclic) bond motifs is 1. The van der Waals surface area contributed by atoms with E-state index < -0.39 is 9.24 Å². The zero-order valence-corrected chi connectivity index (χ0v) is 12.8. The van der Waals surface area contributed by atoms with Gasteiger partial charge in [-0.05, 0) is 12.8 Å². The number of hydrogen-bond donors (Lipinski definition) is 0. The maximum absolute atomic E-state index is 11.9. The van der Waals surface area contributed by atoms with Crippen molar-refractivity contribution in [3.05, 3.63) is 0 Å². The van der Waals surface area contributed by atoms with Crippen LogP contribution in [0.3, 0.4) is 0 Å². The van der Waals surface area contributed by atoms with E-state index in [1.165, 1.54) is 25.7 Å². The molecule has 2 atom stereocenters. The number of amides is 1. The van der Waals surface area contributed by atoms with Crippen LogP contribution in [0.5, 0.6) is 0 Å². The van der Waals surface area contributed by atoms with Gasteiger partial charge in [0.05, 0.1) is 12.0 Å². The topological polar surface area (TPSA) is 54.5 Å². The van der Waals surface area contributed by atoms with E-state index in [4.69, 9.17) is 10.7 Å². The summed E-state index contributed by atoms with van der Waals surface area (Å²) in [5.41, 5.74) is 0. The van der Waals surface area contributed by atoms with Crippen molar-refractivity contribution in [2.24, 2.45) is 5.92 Å². The summed E-state index contributed by atoms with van der Waals surface area (Å²) in [6, 6.07) is -0.186. The van der Waals surface area contributed by atoms with Crippen molar-refractivity contribution in [2.45, 2.75) is 70.3 Å². The van der Waals surface area contributed by atoms with E-state index in [9.17, 15) is 13.2 Å². The first-order valence-corrected chi connectivity index (χ1v) is 9.56. The molecule has 4 nitrogen and oxygen atoms in total. The molecule has 0 aromatic heterocycles. The number of carbonyl (C=O) groups excluding carboxylic acids is 1. The van der Waals surface area contributed by atoms with Crippen LogP contribution in [0.4, 0.5) is 0 Å². The largest absolute Gasteiger partial charge is 0.324 e. The second kappa shape index (κ2) is 6.44. The standard InChI is InChI=1S/C13H22ClNO3S/c14-19(17,18)15-12-10-8-6-4-2-1-3-5-7-9-11(12)13(15)16/h11-12H,1-10H2. The first-order valence-electron chi connectivity index (χ1n) is 7.29. The zero-order valence-electron chi connectivity index (χ0n) is 11.2. The summed E-state index contributed by atoms with van der Waals surface area (Å²) in [4.78, 5) is 11.9. The molecule has 1 heterocycles. The maximum Gasteiger partial charge on any atom is 0.324 e. The molecule has 19 heavy (non-hydrogen) atoms. The van der Waals surface area contributed by atoms with Crippen LogP contribution in [0, 0.1) is 5.92 Å². The SMILES string of the molecule is O=C1C2CCCCCCCCCCC2N1S(=O)(=O)Cl. The third-order valence-corrected chi connectivity index (χ3v) is 5.67. The van der Waals surface area contributed by atoms with Crippen molar-refractivity contribution in [3.63, 3.8) is 0 Å². The predicted octanol–water partition coefficient (Wildman–Crippen LogP) is 3.21. The van der Waals surface area contributed by atoms with Gasteiger partial charge in [0.25, 0.3) is 0 Å². The van der Waals surface area contributed by atoms with E-state index in [2.05, 4.69) is 0 Å². The van der Waals surface area contributed by atoms with E-state index in [-0.39, 0.29) is 17.9 Å². The molecule has 1 amide bonds. The first kappa shape index (κ1) is 15.1. The number of hydrogen-bond acceptors (Lipinski definition) is 3. The van der Waals surface area contributed by atoms with Gasteiger partial charge in [-0.15, -0.1) is 0 Å². The van der Waals surface area contributed by atoms with E-state index in [1.807, 2.05) is 0 Å². The zero-order chi connectivity index (χ0) is 13.9. The lowest BCUT2D eigenvalue weighted by Gasteiger charge is -2.44. The van der Waals surface area contributed by atoms with Crippen LogP contribution in [0.1, 0.15) is 64.2 Å². The fourth-order valence-electron chi connectivity index (χ4n) is 3.25. The number of β-lactam (4-membered cyclic amide) rings is 1. The Balaban J connectivity index is 2.01. The van der Waals surface area contributed by atoms with Crippen LogP contribution in [-0.2, 0) is 14.0 Å². The summed E-state index contributed by atoms with van der Waals surface area (Å²) >= 11 is 0. The highest BCUT2D eigenvalue weighted by Crippen LogP contribution is 2.38. The van der Waals surface area contributed by atoms with Crippen LogP contribution in [0.25, 0.3) is 0 Å². The maximum atomic E-state index is 11.9. The molecule has 2 aliphatic rings. The van der Waals surface area contributed by atoms with Gasteiger partial charge in [-0.1, -0.05) is 51.4 Å². The van der Waals surface area contributed by atoms with Gasteiger partial charge in [-0.2, -0.15) is 8.42 Å². The molecule has 0 bridgehead atoms. The van der Waals surface area contributed by atoms with Crippen molar-refractivity contribution in [3.8, 4) is 0 Å². The highest BCUT2D eigenvalue weighted by molar-refractivity contribution is 8.12. The van der Waals surface area contributed by atoms with Gasteiger partial charge < -0.3 is 0 Å². The molecule has 0 aromatic rings. The summed E-state index contributed by atoms with van der Waals surface area (Å²) in [5, 5.41) is 0. The quantitative estimate of drug-likeness (QED) is 0.552. The molecule has 1 saturated heterocycles. The third kappa shape index (κ3) is 3.63. The van der Waals surface area contributed by atoms with Crippen molar-refractivity contribution in [2.75, 3.05) is 0 Å². The van der Waals surface area contributed by atoms with E-state index in [0.717, 1.165) is 42.8 Å². The molecule has 6 heteroatoms. The fraction of sp³-hybridized carbons (Fsp3) is 0.923. The average Bonchev–Trinajstić information content (AvgIpc) is 2.30. The monoisotopic (exact) mass is 307 g/mol. The van der Waals surface area contributed by atoms with Gasteiger partial charge in [0.1, 0.15) is 0 Å². The summed E-state index contributed by atoms with van der Waals surface area (Å²) in [6.45, 7) is 0. The van der Waals surface area contributed by atoms with Gasteiger partial charge in [0.15, 0.2) is 0 Å². The summed E-state index contributed by atoms with van der Waals surface area (Å²) in [5.74, 6) is -0.412. The van der Waals surface area contributed by atoms with Crippen molar-refractivity contribution in [1.29, 1.82) is 0 Å². The van der Waals surface area contributed by atoms with E-state index in [1.54, 1.807) is 0 Å². The second-order valence-electron chi connectivity index (χ2n) is 5.66. The Hall–Kier alpha value is -0.290. The lowest BCUT2D eigenvalue weighted by molar-refractivity contribution is -0.147. The van der Waals surface area contributed by atoms with Crippen molar-refractivity contribution in [1.82, 2.24) is 4.31 Å².